The van der Waals surface area contributed by atoms with E-state index in [4.69, 9.17) is 4.98 Å². The SMILES string of the molecule is c1cc(-c2ccc(-n3c4ccccc4c4cnccc43)nc2)cc(-c2c3ccccc3c(-c3ccc4ccccc4c3)c3ccccc23)c1. The van der Waals surface area contributed by atoms with Crippen molar-refractivity contribution >= 4 is 54.1 Å². The van der Waals surface area contributed by atoms with Gasteiger partial charge in [-0.3, -0.25) is 9.55 Å². The Morgan fingerprint density at radius 1 is 0.367 bits per heavy atom. The maximum absolute atomic E-state index is 5.01. The van der Waals surface area contributed by atoms with Crippen LogP contribution in [0.2, 0.25) is 0 Å². The highest BCUT2D eigenvalue weighted by Gasteiger charge is 2.18. The second-order valence-corrected chi connectivity index (χ2v) is 12.6. The van der Waals surface area contributed by atoms with Gasteiger partial charge in [0, 0.05) is 34.9 Å². The molecule has 3 heterocycles. The quantitative estimate of drug-likeness (QED) is 0.183. The van der Waals surface area contributed by atoms with E-state index in [9.17, 15) is 0 Å². The molecule has 228 valence electrons. The van der Waals surface area contributed by atoms with Crippen LogP contribution in [-0.4, -0.2) is 14.5 Å². The van der Waals surface area contributed by atoms with E-state index in [2.05, 4.69) is 167 Å². The molecule has 0 saturated carbocycles. The molecule has 0 bridgehead atoms. The topological polar surface area (TPSA) is 30.7 Å². The Morgan fingerprint density at radius 3 is 1.67 bits per heavy atom. The van der Waals surface area contributed by atoms with Crippen LogP contribution in [0.1, 0.15) is 0 Å². The standard InChI is InChI=1S/C46H29N3/c1-2-11-31-26-34(21-20-30(31)10-1)46-39-17-5-3-15-37(39)45(38-16-4-6-18-40(38)46)33-13-9-12-32(27-33)35-22-23-44(48-28-35)49-42-19-8-7-14-36(42)41-29-47-25-24-43(41)49/h1-29H. The molecule has 0 N–H and O–H groups in total. The zero-order chi connectivity index (χ0) is 32.3. The highest BCUT2D eigenvalue weighted by Crippen LogP contribution is 2.44. The summed E-state index contributed by atoms with van der Waals surface area (Å²) < 4.78 is 2.22. The monoisotopic (exact) mass is 623 g/mol. The van der Waals surface area contributed by atoms with Crippen molar-refractivity contribution in [1.29, 1.82) is 0 Å². The van der Waals surface area contributed by atoms with Crippen LogP contribution < -0.4 is 0 Å². The molecule has 0 aliphatic rings. The number of fused-ring (bicyclic) bond motifs is 6. The van der Waals surface area contributed by atoms with Crippen LogP contribution >= 0.6 is 0 Å². The maximum Gasteiger partial charge on any atom is 0.137 e. The fraction of sp³-hybridized carbons (Fsp3) is 0. The summed E-state index contributed by atoms with van der Waals surface area (Å²) >= 11 is 0. The first-order valence-corrected chi connectivity index (χ1v) is 16.6. The van der Waals surface area contributed by atoms with Crippen molar-refractivity contribution in [2.75, 3.05) is 0 Å². The molecule has 0 unspecified atom stereocenters. The van der Waals surface area contributed by atoms with E-state index in [0.29, 0.717) is 0 Å². The highest BCUT2D eigenvalue weighted by molar-refractivity contribution is 6.22. The summed E-state index contributed by atoms with van der Waals surface area (Å²) in [5.41, 5.74) is 9.39. The molecule has 3 nitrogen and oxygen atoms in total. The van der Waals surface area contributed by atoms with E-state index in [1.807, 2.05) is 18.6 Å². The Kier molecular flexibility index (Phi) is 6.18. The van der Waals surface area contributed by atoms with Crippen molar-refractivity contribution in [2.45, 2.75) is 0 Å². The lowest BCUT2D eigenvalue weighted by Crippen LogP contribution is -1.97. The summed E-state index contributed by atoms with van der Waals surface area (Å²) in [4.78, 5) is 9.40. The zero-order valence-electron chi connectivity index (χ0n) is 26.6. The molecule has 0 amide bonds. The van der Waals surface area contributed by atoms with Gasteiger partial charge < -0.3 is 0 Å². The molecule has 10 aromatic rings. The molecule has 3 aromatic heterocycles. The van der Waals surface area contributed by atoms with Crippen LogP contribution in [0.15, 0.2) is 176 Å². The molecule has 0 fully saturated rings. The first-order chi connectivity index (χ1) is 24.3. The third kappa shape index (κ3) is 4.37. The van der Waals surface area contributed by atoms with Gasteiger partial charge in [0.1, 0.15) is 5.82 Å². The molecular weight excluding hydrogens is 595 g/mol. The van der Waals surface area contributed by atoms with Gasteiger partial charge >= 0.3 is 0 Å². The lowest BCUT2D eigenvalue weighted by Gasteiger charge is -2.18. The Bertz CT molecular complexity index is 2770. The Labute approximate surface area is 283 Å². The first-order valence-electron chi connectivity index (χ1n) is 16.6. The van der Waals surface area contributed by atoms with Crippen molar-refractivity contribution in [3.8, 4) is 39.2 Å². The van der Waals surface area contributed by atoms with Gasteiger partial charge in [0.05, 0.1) is 11.0 Å². The smallest absolute Gasteiger partial charge is 0.137 e. The fourth-order valence-electron chi connectivity index (χ4n) is 7.70. The van der Waals surface area contributed by atoms with Crippen molar-refractivity contribution in [1.82, 2.24) is 14.5 Å². The van der Waals surface area contributed by atoms with Crippen molar-refractivity contribution in [3.63, 3.8) is 0 Å². The summed E-state index contributed by atoms with van der Waals surface area (Å²) in [5, 5.41) is 9.81. The number of aromatic nitrogens is 3. The number of hydrogen-bond acceptors (Lipinski definition) is 2. The number of benzene rings is 7. The summed E-state index contributed by atoms with van der Waals surface area (Å²) in [7, 11) is 0. The highest BCUT2D eigenvalue weighted by atomic mass is 15.1. The average Bonchev–Trinajstić information content (AvgIpc) is 3.51. The molecule has 0 aliphatic heterocycles. The first kappa shape index (κ1) is 27.5. The second-order valence-electron chi connectivity index (χ2n) is 12.6. The number of rotatable bonds is 4. The fourth-order valence-corrected chi connectivity index (χ4v) is 7.70. The summed E-state index contributed by atoms with van der Waals surface area (Å²) in [6, 6.07) is 56.8. The van der Waals surface area contributed by atoms with Gasteiger partial charge in [0.25, 0.3) is 0 Å². The van der Waals surface area contributed by atoms with E-state index in [0.717, 1.165) is 33.4 Å². The van der Waals surface area contributed by atoms with Crippen molar-refractivity contribution < 1.29 is 0 Å². The van der Waals surface area contributed by atoms with E-state index >= 15 is 0 Å². The third-order valence-corrected chi connectivity index (χ3v) is 9.91. The maximum atomic E-state index is 5.01. The number of para-hydroxylation sites is 1. The van der Waals surface area contributed by atoms with Crippen LogP contribution in [0, 0.1) is 0 Å². The summed E-state index contributed by atoms with van der Waals surface area (Å²) in [6.07, 6.45) is 5.78. The normalized spacial score (nSPS) is 11.7. The zero-order valence-corrected chi connectivity index (χ0v) is 26.6. The van der Waals surface area contributed by atoms with Crippen LogP contribution in [0.3, 0.4) is 0 Å². The van der Waals surface area contributed by atoms with Crippen LogP contribution in [-0.2, 0) is 0 Å². The minimum absolute atomic E-state index is 0.888. The molecule has 0 spiro atoms. The second kappa shape index (κ2) is 11.0. The molecule has 10 rings (SSSR count). The van der Waals surface area contributed by atoms with E-state index < -0.39 is 0 Å². The largest absolute Gasteiger partial charge is 0.294 e. The van der Waals surface area contributed by atoms with Gasteiger partial charge in [0.15, 0.2) is 0 Å². The van der Waals surface area contributed by atoms with Gasteiger partial charge in [-0.2, -0.15) is 0 Å². The molecule has 0 saturated heterocycles. The van der Waals surface area contributed by atoms with E-state index in [-0.39, 0.29) is 0 Å². The van der Waals surface area contributed by atoms with E-state index in [1.54, 1.807) is 0 Å². The summed E-state index contributed by atoms with van der Waals surface area (Å²) in [6.45, 7) is 0. The third-order valence-electron chi connectivity index (χ3n) is 9.91. The predicted molar refractivity (Wildman–Crippen MR) is 205 cm³/mol. The molecule has 3 heteroatoms. The Morgan fingerprint density at radius 2 is 0.959 bits per heavy atom. The molecule has 0 radical (unpaired) electrons. The predicted octanol–water partition coefficient (Wildman–Crippen LogP) is 12.0. The van der Waals surface area contributed by atoms with Gasteiger partial charge in [-0.25, -0.2) is 4.98 Å². The van der Waals surface area contributed by atoms with Gasteiger partial charge in [-0.15, -0.1) is 0 Å². The lowest BCUT2D eigenvalue weighted by molar-refractivity contribution is 1.08. The minimum Gasteiger partial charge on any atom is -0.294 e. The van der Waals surface area contributed by atoms with Crippen molar-refractivity contribution in [2.24, 2.45) is 0 Å². The Balaban J connectivity index is 1.12. The molecule has 0 aliphatic carbocycles. The average molecular weight is 624 g/mol. The summed E-state index contributed by atoms with van der Waals surface area (Å²) in [5.74, 6) is 0.888. The minimum atomic E-state index is 0.888. The number of nitrogens with zero attached hydrogens (tertiary/aromatic N) is 3. The van der Waals surface area contributed by atoms with Gasteiger partial charge in [-0.05, 0) is 96.5 Å². The molecule has 7 aromatic carbocycles. The van der Waals surface area contributed by atoms with Gasteiger partial charge in [0.2, 0.25) is 0 Å². The van der Waals surface area contributed by atoms with Crippen molar-refractivity contribution in [3.05, 3.63) is 176 Å². The molecular formula is C46H29N3. The van der Waals surface area contributed by atoms with Gasteiger partial charge in [-0.1, -0.05) is 121 Å². The van der Waals surface area contributed by atoms with Crippen LogP contribution in [0.5, 0.6) is 0 Å². The Hall–Kier alpha value is -6.58. The number of hydrogen-bond donors (Lipinski definition) is 0. The lowest BCUT2D eigenvalue weighted by atomic mass is 9.85. The number of pyridine rings is 2. The van der Waals surface area contributed by atoms with E-state index in [1.165, 1.54) is 60.0 Å². The van der Waals surface area contributed by atoms with Crippen LogP contribution in [0.4, 0.5) is 0 Å². The molecule has 49 heavy (non-hydrogen) atoms. The molecule has 0 atom stereocenters. The van der Waals surface area contributed by atoms with Crippen LogP contribution in [0.25, 0.3) is 93.3 Å².